The van der Waals surface area contributed by atoms with Gasteiger partial charge in [-0.15, -0.1) is 0 Å². The van der Waals surface area contributed by atoms with Crippen LogP contribution >= 0.6 is 11.6 Å². The van der Waals surface area contributed by atoms with Crippen molar-refractivity contribution in [2.24, 2.45) is 5.92 Å². The van der Waals surface area contributed by atoms with E-state index in [0.717, 1.165) is 19.5 Å². The molecule has 1 aromatic rings. The van der Waals surface area contributed by atoms with E-state index < -0.39 is 5.97 Å². The number of carboxylic acid groups (broad SMARTS) is 1. The molecule has 0 aromatic carbocycles. The maximum Gasteiger partial charge on any atom is 0.354 e. The van der Waals surface area contributed by atoms with Crippen molar-refractivity contribution in [2.75, 3.05) is 20.1 Å². The zero-order chi connectivity index (χ0) is 13.1. The first-order valence-electron chi connectivity index (χ1n) is 6.21. The zero-order valence-corrected chi connectivity index (χ0v) is 11.2. The summed E-state index contributed by atoms with van der Waals surface area (Å²) in [5, 5.41) is 13.3. The molecule has 0 amide bonds. The Morgan fingerprint density at radius 3 is 2.83 bits per heavy atom. The summed E-state index contributed by atoms with van der Waals surface area (Å²) in [4.78, 5) is 13.3. The molecule has 5 nitrogen and oxygen atoms in total. The molecule has 1 aromatic heterocycles. The SMILES string of the molecule is CN1CCC(CCn2nc(Cl)cc2C(=O)O)CC1. The molecule has 0 unspecified atom stereocenters. The minimum atomic E-state index is -0.974. The van der Waals surface area contributed by atoms with Gasteiger partial charge in [0.2, 0.25) is 0 Å². The summed E-state index contributed by atoms with van der Waals surface area (Å²) >= 11 is 5.75. The molecule has 1 aliphatic rings. The molecule has 0 spiro atoms. The zero-order valence-electron chi connectivity index (χ0n) is 10.5. The maximum atomic E-state index is 11.0. The Hall–Kier alpha value is -1.07. The lowest BCUT2D eigenvalue weighted by molar-refractivity contribution is 0.0682. The molecule has 1 aliphatic heterocycles. The molecule has 2 heterocycles. The van der Waals surface area contributed by atoms with Crippen LogP contribution in [0.25, 0.3) is 0 Å². The Morgan fingerprint density at radius 2 is 2.22 bits per heavy atom. The summed E-state index contributed by atoms with van der Waals surface area (Å²) in [6.45, 7) is 2.87. The highest BCUT2D eigenvalue weighted by atomic mass is 35.5. The van der Waals surface area contributed by atoms with Gasteiger partial charge < -0.3 is 10.0 Å². The third-order valence-corrected chi connectivity index (χ3v) is 3.74. The lowest BCUT2D eigenvalue weighted by Crippen LogP contribution is -2.30. The molecule has 1 fully saturated rings. The van der Waals surface area contributed by atoms with Crippen LogP contribution in [-0.2, 0) is 6.54 Å². The lowest BCUT2D eigenvalue weighted by atomic mass is 9.94. The fourth-order valence-corrected chi connectivity index (χ4v) is 2.58. The molecule has 0 atom stereocenters. The van der Waals surface area contributed by atoms with Crippen molar-refractivity contribution >= 4 is 17.6 Å². The quantitative estimate of drug-likeness (QED) is 0.910. The van der Waals surface area contributed by atoms with Crippen LogP contribution in [0.2, 0.25) is 5.15 Å². The van der Waals surface area contributed by atoms with Crippen molar-refractivity contribution in [1.29, 1.82) is 0 Å². The first kappa shape index (κ1) is 13.4. The summed E-state index contributed by atoms with van der Waals surface area (Å²) in [5.41, 5.74) is 0.174. The van der Waals surface area contributed by atoms with Crippen LogP contribution in [0.15, 0.2) is 6.07 Å². The van der Waals surface area contributed by atoms with Gasteiger partial charge in [-0.05, 0) is 45.3 Å². The molecule has 0 aliphatic carbocycles. The fraction of sp³-hybridized carbons (Fsp3) is 0.667. The van der Waals surface area contributed by atoms with Gasteiger partial charge in [0.05, 0.1) is 0 Å². The monoisotopic (exact) mass is 271 g/mol. The predicted molar refractivity (Wildman–Crippen MR) is 69.0 cm³/mol. The summed E-state index contributed by atoms with van der Waals surface area (Å²) in [6, 6.07) is 1.40. The van der Waals surface area contributed by atoms with Crippen LogP contribution in [-0.4, -0.2) is 45.9 Å². The van der Waals surface area contributed by atoms with Gasteiger partial charge in [-0.25, -0.2) is 4.79 Å². The summed E-state index contributed by atoms with van der Waals surface area (Å²) in [7, 11) is 2.13. The third-order valence-electron chi connectivity index (χ3n) is 3.56. The van der Waals surface area contributed by atoms with Gasteiger partial charge in [-0.3, -0.25) is 4.68 Å². The van der Waals surface area contributed by atoms with Gasteiger partial charge in [0, 0.05) is 12.6 Å². The number of carboxylic acids is 1. The minimum Gasteiger partial charge on any atom is -0.477 e. The predicted octanol–water partition coefficient (Wildman–Crippen LogP) is 1.97. The Balaban J connectivity index is 1.92. The smallest absolute Gasteiger partial charge is 0.354 e. The molecule has 0 saturated carbocycles. The highest BCUT2D eigenvalue weighted by Gasteiger charge is 2.18. The average molecular weight is 272 g/mol. The third kappa shape index (κ3) is 3.23. The standard InChI is InChI=1S/C12H18ClN3O2/c1-15-5-2-9(3-6-15)4-7-16-10(12(17)18)8-11(13)14-16/h8-9H,2-7H2,1H3,(H,17,18). The first-order chi connectivity index (χ1) is 8.56. The van der Waals surface area contributed by atoms with Crippen LogP contribution < -0.4 is 0 Å². The topological polar surface area (TPSA) is 58.4 Å². The molecule has 18 heavy (non-hydrogen) atoms. The Morgan fingerprint density at radius 1 is 1.56 bits per heavy atom. The Bertz CT molecular complexity index is 425. The lowest BCUT2D eigenvalue weighted by Gasteiger charge is -2.28. The van der Waals surface area contributed by atoms with Crippen LogP contribution in [0.1, 0.15) is 29.8 Å². The average Bonchev–Trinajstić information content (AvgIpc) is 2.70. The number of hydrogen-bond donors (Lipinski definition) is 1. The molecule has 2 rings (SSSR count). The van der Waals surface area contributed by atoms with Gasteiger partial charge in [0.25, 0.3) is 0 Å². The van der Waals surface area contributed by atoms with E-state index in [0.29, 0.717) is 12.5 Å². The van der Waals surface area contributed by atoms with Gasteiger partial charge >= 0.3 is 5.97 Å². The number of aromatic carboxylic acids is 1. The van der Waals surface area contributed by atoms with E-state index in [4.69, 9.17) is 16.7 Å². The molecule has 1 N–H and O–H groups in total. The molecule has 6 heteroatoms. The molecular formula is C12H18ClN3O2. The number of aryl methyl sites for hydroxylation is 1. The van der Waals surface area contributed by atoms with E-state index in [1.54, 1.807) is 0 Å². The number of nitrogens with zero attached hydrogens (tertiary/aromatic N) is 3. The number of rotatable bonds is 4. The second kappa shape index (κ2) is 5.71. The van der Waals surface area contributed by atoms with Crippen LogP contribution in [0.5, 0.6) is 0 Å². The summed E-state index contributed by atoms with van der Waals surface area (Å²) in [5.74, 6) is -0.316. The largest absolute Gasteiger partial charge is 0.477 e. The number of piperidine rings is 1. The minimum absolute atomic E-state index is 0.174. The highest BCUT2D eigenvalue weighted by Crippen LogP contribution is 2.21. The van der Waals surface area contributed by atoms with Gasteiger partial charge in [-0.2, -0.15) is 5.10 Å². The van der Waals surface area contributed by atoms with Crippen molar-refractivity contribution < 1.29 is 9.90 Å². The summed E-state index contributed by atoms with van der Waals surface area (Å²) in [6.07, 6.45) is 3.31. The molecule has 1 saturated heterocycles. The van der Waals surface area contributed by atoms with E-state index in [9.17, 15) is 4.79 Å². The van der Waals surface area contributed by atoms with Crippen molar-refractivity contribution in [1.82, 2.24) is 14.7 Å². The van der Waals surface area contributed by atoms with Crippen LogP contribution in [0, 0.1) is 5.92 Å². The van der Waals surface area contributed by atoms with E-state index >= 15 is 0 Å². The van der Waals surface area contributed by atoms with Gasteiger partial charge in [0.15, 0.2) is 5.15 Å². The van der Waals surface area contributed by atoms with Crippen molar-refractivity contribution in [3.63, 3.8) is 0 Å². The first-order valence-corrected chi connectivity index (χ1v) is 6.59. The number of hydrogen-bond acceptors (Lipinski definition) is 3. The van der Waals surface area contributed by atoms with E-state index in [1.807, 2.05) is 0 Å². The number of aromatic nitrogens is 2. The number of halogens is 1. The van der Waals surface area contributed by atoms with Crippen molar-refractivity contribution in [3.05, 3.63) is 16.9 Å². The van der Waals surface area contributed by atoms with E-state index in [2.05, 4.69) is 17.0 Å². The van der Waals surface area contributed by atoms with Crippen LogP contribution in [0.3, 0.4) is 0 Å². The van der Waals surface area contributed by atoms with Crippen LogP contribution in [0.4, 0.5) is 0 Å². The van der Waals surface area contributed by atoms with Crippen molar-refractivity contribution in [2.45, 2.75) is 25.8 Å². The van der Waals surface area contributed by atoms with E-state index in [1.165, 1.54) is 23.6 Å². The highest BCUT2D eigenvalue weighted by molar-refractivity contribution is 6.29. The van der Waals surface area contributed by atoms with E-state index in [-0.39, 0.29) is 10.8 Å². The molecule has 0 bridgehead atoms. The Kier molecular flexibility index (Phi) is 4.24. The summed E-state index contributed by atoms with van der Waals surface area (Å²) < 4.78 is 1.50. The fourth-order valence-electron chi connectivity index (χ4n) is 2.38. The maximum absolute atomic E-state index is 11.0. The molecule has 100 valence electrons. The second-order valence-electron chi connectivity index (χ2n) is 4.92. The number of carbonyl (C=O) groups is 1. The van der Waals surface area contributed by atoms with Crippen molar-refractivity contribution in [3.8, 4) is 0 Å². The Labute approximate surface area is 111 Å². The van der Waals surface area contributed by atoms with Gasteiger partial charge in [-0.1, -0.05) is 11.6 Å². The normalized spacial score (nSPS) is 18.1. The molecule has 0 radical (unpaired) electrons. The number of likely N-dealkylation sites (tertiary alicyclic amines) is 1. The molecular weight excluding hydrogens is 254 g/mol. The second-order valence-corrected chi connectivity index (χ2v) is 5.30. The van der Waals surface area contributed by atoms with Gasteiger partial charge in [0.1, 0.15) is 5.69 Å².